The average Bonchev–Trinajstić information content (AvgIpc) is 2.60. The monoisotopic (exact) mass is 358 g/mol. The van der Waals surface area contributed by atoms with Crippen LogP contribution in [-0.4, -0.2) is 38.9 Å². The van der Waals surface area contributed by atoms with Gasteiger partial charge in [0.25, 0.3) is 0 Å². The van der Waals surface area contributed by atoms with Gasteiger partial charge < -0.3 is 24.8 Å². The molecule has 6 nitrogen and oxygen atoms in total. The summed E-state index contributed by atoms with van der Waals surface area (Å²) in [5.41, 5.74) is 1.51. The maximum Gasteiger partial charge on any atom is 0.243 e. The second-order valence-electron chi connectivity index (χ2n) is 5.97. The Hall–Kier alpha value is -2.73. The van der Waals surface area contributed by atoms with Crippen LogP contribution >= 0.6 is 0 Å². The molecular formula is C20H26N2O4. The fourth-order valence-electron chi connectivity index (χ4n) is 2.25. The highest BCUT2D eigenvalue weighted by molar-refractivity contribution is 5.93. The van der Waals surface area contributed by atoms with E-state index in [1.54, 1.807) is 13.2 Å². The molecule has 0 aliphatic carbocycles. The molecule has 0 unspecified atom stereocenters. The van der Waals surface area contributed by atoms with Crippen LogP contribution < -0.4 is 20.1 Å². The second kappa shape index (κ2) is 10.3. The number of hydrogen-bond acceptors (Lipinski definition) is 5. The highest BCUT2D eigenvalue weighted by Gasteiger charge is 2.05. The predicted octanol–water partition coefficient (Wildman–Crippen LogP) is 3.55. The van der Waals surface area contributed by atoms with Crippen molar-refractivity contribution in [2.45, 2.75) is 20.0 Å². The fourth-order valence-corrected chi connectivity index (χ4v) is 2.25. The third kappa shape index (κ3) is 7.03. The van der Waals surface area contributed by atoms with Gasteiger partial charge in [0.15, 0.2) is 0 Å². The molecule has 0 bridgehead atoms. The number of hydrogen-bond donors (Lipinski definition) is 2. The predicted molar refractivity (Wildman–Crippen MR) is 103 cm³/mol. The van der Waals surface area contributed by atoms with E-state index in [1.807, 2.05) is 56.3 Å². The lowest BCUT2D eigenvalue weighted by Crippen LogP contribution is -2.21. The topological polar surface area (TPSA) is 68.8 Å². The van der Waals surface area contributed by atoms with Crippen LogP contribution in [0.3, 0.4) is 0 Å². The smallest absolute Gasteiger partial charge is 0.243 e. The normalized spacial score (nSPS) is 10.5. The van der Waals surface area contributed by atoms with E-state index in [1.165, 1.54) is 0 Å². The number of carbonyl (C=O) groups is 1. The molecule has 2 rings (SSSR count). The van der Waals surface area contributed by atoms with Crippen LogP contribution in [0.15, 0.2) is 48.5 Å². The molecule has 0 aromatic heterocycles. The van der Waals surface area contributed by atoms with Gasteiger partial charge in [0.1, 0.15) is 18.1 Å². The number of nitrogens with one attached hydrogen (secondary N) is 2. The number of methoxy groups -OCH3 is 1. The number of benzene rings is 2. The van der Waals surface area contributed by atoms with E-state index in [0.29, 0.717) is 24.7 Å². The first-order valence-electron chi connectivity index (χ1n) is 8.59. The van der Waals surface area contributed by atoms with Gasteiger partial charge in [-0.05, 0) is 38.1 Å². The molecular weight excluding hydrogens is 332 g/mol. The SMILES string of the molecule is COCCOc1cccc(NC(=O)CNc2cccc(OC(C)C)c2)c1. The molecule has 0 atom stereocenters. The van der Waals surface area contributed by atoms with Crippen molar-refractivity contribution in [3.63, 3.8) is 0 Å². The molecule has 2 aromatic rings. The first kappa shape index (κ1) is 19.6. The van der Waals surface area contributed by atoms with E-state index in [0.717, 1.165) is 11.4 Å². The molecule has 2 N–H and O–H groups in total. The Kier molecular flexibility index (Phi) is 7.76. The molecule has 26 heavy (non-hydrogen) atoms. The minimum absolute atomic E-state index is 0.104. The largest absolute Gasteiger partial charge is 0.491 e. The average molecular weight is 358 g/mol. The first-order chi connectivity index (χ1) is 12.6. The van der Waals surface area contributed by atoms with Crippen molar-refractivity contribution >= 4 is 17.3 Å². The molecule has 0 fully saturated rings. The summed E-state index contributed by atoms with van der Waals surface area (Å²) in [6.07, 6.45) is 0.104. The second-order valence-corrected chi connectivity index (χ2v) is 5.97. The molecule has 140 valence electrons. The molecule has 0 heterocycles. The number of anilines is 2. The number of carbonyl (C=O) groups excluding carboxylic acids is 1. The van der Waals surface area contributed by atoms with Crippen molar-refractivity contribution in [2.24, 2.45) is 0 Å². The Morgan fingerprint density at radius 3 is 2.42 bits per heavy atom. The minimum Gasteiger partial charge on any atom is -0.491 e. The minimum atomic E-state index is -0.144. The van der Waals surface area contributed by atoms with Gasteiger partial charge in [0.2, 0.25) is 5.91 Å². The summed E-state index contributed by atoms with van der Waals surface area (Å²) < 4.78 is 16.1. The van der Waals surface area contributed by atoms with E-state index in [2.05, 4.69) is 10.6 Å². The fraction of sp³-hybridized carbons (Fsp3) is 0.350. The Morgan fingerprint density at radius 2 is 1.69 bits per heavy atom. The van der Waals surface area contributed by atoms with Crippen molar-refractivity contribution in [1.29, 1.82) is 0 Å². The molecule has 0 spiro atoms. The van der Waals surface area contributed by atoms with E-state index in [4.69, 9.17) is 14.2 Å². The van der Waals surface area contributed by atoms with Crippen molar-refractivity contribution in [3.8, 4) is 11.5 Å². The van der Waals surface area contributed by atoms with Crippen LogP contribution in [0.25, 0.3) is 0 Å². The number of amides is 1. The zero-order chi connectivity index (χ0) is 18.8. The third-order valence-electron chi connectivity index (χ3n) is 3.33. The van der Waals surface area contributed by atoms with Crippen LogP contribution in [0.1, 0.15) is 13.8 Å². The summed E-state index contributed by atoms with van der Waals surface area (Å²) in [5.74, 6) is 1.31. The highest BCUT2D eigenvalue weighted by atomic mass is 16.5. The van der Waals surface area contributed by atoms with Crippen LogP contribution in [0.2, 0.25) is 0 Å². The van der Waals surface area contributed by atoms with Crippen molar-refractivity contribution in [3.05, 3.63) is 48.5 Å². The Morgan fingerprint density at radius 1 is 1.00 bits per heavy atom. The zero-order valence-corrected chi connectivity index (χ0v) is 15.5. The first-order valence-corrected chi connectivity index (χ1v) is 8.59. The Labute approximate surface area is 154 Å². The quantitative estimate of drug-likeness (QED) is 0.636. The molecule has 0 saturated carbocycles. The summed E-state index contributed by atoms with van der Waals surface area (Å²) in [4.78, 5) is 12.2. The molecule has 0 radical (unpaired) electrons. The maximum atomic E-state index is 12.2. The third-order valence-corrected chi connectivity index (χ3v) is 3.33. The summed E-state index contributed by atoms with van der Waals surface area (Å²) >= 11 is 0. The lowest BCUT2D eigenvalue weighted by Gasteiger charge is -2.12. The Bertz CT molecular complexity index is 704. The molecule has 1 amide bonds. The summed E-state index contributed by atoms with van der Waals surface area (Å²) in [5, 5.41) is 5.94. The standard InChI is InChI=1S/C20H26N2O4/c1-15(2)26-19-9-4-6-16(12-19)21-14-20(23)22-17-7-5-8-18(13-17)25-11-10-24-3/h4-9,12-13,15,21H,10-11,14H2,1-3H3,(H,22,23). The van der Waals surface area contributed by atoms with Crippen LogP contribution in [0, 0.1) is 0 Å². The summed E-state index contributed by atoms with van der Waals surface area (Å²) in [6, 6.07) is 14.8. The van der Waals surface area contributed by atoms with Gasteiger partial charge in [-0.1, -0.05) is 12.1 Å². The lowest BCUT2D eigenvalue weighted by atomic mass is 10.3. The highest BCUT2D eigenvalue weighted by Crippen LogP contribution is 2.19. The molecule has 0 aliphatic rings. The molecule has 0 saturated heterocycles. The van der Waals surface area contributed by atoms with E-state index < -0.39 is 0 Å². The van der Waals surface area contributed by atoms with Gasteiger partial charge in [0.05, 0.1) is 19.3 Å². The summed E-state index contributed by atoms with van der Waals surface area (Å²) in [6.45, 7) is 5.07. The van der Waals surface area contributed by atoms with E-state index in [-0.39, 0.29) is 18.6 Å². The van der Waals surface area contributed by atoms with Gasteiger partial charge in [-0.3, -0.25) is 4.79 Å². The number of ether oxygens (including phenoxy) is 3. The van der Waals surface area contributed by atoms with E-state index >= 15 is 0 Å². The number of rotatable bonds is 10. The van der Waals surface area contributed by atoms with Crippen molar-refractivity contribution < 1.29 is 19.0 Å². The van der Waals surface area contributed by atoms with Crippen LogP contribution in [-0.2, 0) is 9.53 Å². The van der Waals surface area contributed by atoms with Crippen LogP contribution in [0.5, 0.6) is 11.5 Å². The van der Waals surface area contributed by atoms with Crippen molar-refractivity contribution in [2.75, 3.05) is 37.5 Å². The van der Waals surface area contributed by atoms with E-state index in [9.17, 15) is 4.79 Å². The Balaban J connectivity index is 1.84. The maximum absolute atomic E-state index is 12.2. The van der Waals surface area contributed by atoms with Crippen molar-refractivity contribution in [1.82, 2.24) is 0 Å². The van der Waals surface area contributed by atoms with Gasteiger partial charge in [-0.15, -0.1) is 0 Å². The van der Waals surface area contributed by atoms with Gasteiger partial charge >= 0.3 is 0 Å². The van der Waals surface area contributed by atoms with Gasteiger partial charge in [-0.25, -0.2) is 0 Å². The van der Waals surface area contributed by atoms with Gasteiger partial charge in [-0.2, -0.15) is 0 Å². The molecule has 0 aliphatic heterocycles. The lowest BCUT2D eigenvalue weighted by molar-refractivity contribution is -0.114. The molecule has 6 heteroatoms. The zero-order valence-electron chi connectivity index (χ0n) is 15.5. The summed E-state index contributed by atoms with van der Waals surface area (Å²) in [7, 11) is 1.62. The van der Waals surface area contributed by atoms with Gasteiger partial charge in [0, 0.05) is 30.6 Å². The van der Waals surface area contributed by atoms with Crippen LogP contribution in [0.4, 0.5) is 11.4 Å². The molecule has 2 aromatic carbocycles.